The number of nitrogens with zero attached hydrogens (tertiary/aromatic N) is 3. The minimum Gasteiger partial charge on any atom is -0.457 e. The van der Waals surface area contributed by atoms with Crippen molar-refractivity contribution in [1.29, 1.82) is 0 Å². The second-order valence-corrected chi connectivity index (χ2v) is 7.79. The molecule has 0 aliphatic carbocycles. The predicted octanol–water partition coefficient (Wildman–Crippen LogP) is 3.17. The summed E-state index contributed by atoms with van der Waals surface area (Å²) in [7, 11) is 1.60. The van der Waals surface area contributed by atoms with Crippen LogP contribution in [0.5, 0.6) is 11.5 Å². The van der Waals surface area contributed by atoms with Crippen LogP contribution in [0.4, 0.5) is 10.5 Å². The molecular weight excluding hydrogens is 428 g/mol. The third-order valence-corrected chi connectivity index (χ3v) is 5.51. The van der Waals surface area contributed by atoms with Crippen LogP contribution < -0.4 is 10.1 Å². The number of aromatic nitrogens is 3. The van der Waals surface area contributed by atoms with Gasteiger partial charge in [0.1, 0.15) is 35.4 Å². The SMILES string of the molecule is COCc1cn(C2COC3C(OC(=O)Nc4ccc(Oc5ccccc5)cc4)COC32)nn1. The second-order valence-electron chi connectivity index (χ2n) is 7.79. The highest BCUT2D eigenvalue weighted by molar-refractivity contribution is 5.84. The van der Waals surface area contributed by atoms with Crippen LogP contribution in [-0.4, -0.2) is 59.7 Å². The molecule has 0 radical (unpaired) electrons. The molecule has 10 nitrogen and oxygen atoms in total. The number of carbonyl (C=O) groups excluding carboxylic acids is 1. The van der Waals surface area contributed by atoms with Gasteiger partial charge in [0, 0.05) is 12.8 Å². The second kappa shape index (κ2) is 9.57. The Hall–Kier alpha value is -3.47. The number of hydrogen-bond donors (Lipinski definition) is 1. The number of nitrogens with one attached hydrogen (secondary N) is 1. The summed E-state index contributed by atoms with van der Waals surface area (Å²) in [6, 6.07) is 16.4. The first-order chi connectivity index (χ1) is 16.2. The topological polar surface area (TPSA) is 106 Å². The molecule has 0 bridgehead atoms. The van der Waals surface area contributed by atoms with Gasteiger partial charge in [-0.25, -0.2) is 9.48 Å². The fourth-order valence-electron chi connectivity index (χ4n) is 3.98. The first-order valence-electron chi connectivity index (χ1n) is 10.6. The van der Waals surface area contributed by atoms with E-state index in [1.54, 1.807) is 36.1 Å². The van der Waals surface area contributed by atoms with E-state index in [9.17, 15) is 4.79 Å². The van der Waals surface area contributed by atoms with Crippen LogP contribution in [-0.2, 0) is 25.6 Å². The summed E-state index contributed by atoms with van der Waals surface area (Å²) < 4.78 is 29.9. The maximum Gasteiger partial charge on any atom is 0.412 e. The van der Waals surface area contributed by atoms with Gasteiger partial charge in [0.05, 0.1) is 26.0 Å². The van der Waals surface area contributed by atoms with Crippen molar-refractivity contribution >= 4 is 11.8 Å². The number of rotatable bonds is 7. The van der Waals surface area contributed by atoms with Crippen molar-refractivity contribution in [3.63, 3.8) is 0 Å². The van der Waals surface area contributed by atoms with Crippen LogP contribution >= 0.6 is 0 Å². The fraction of sp³-hybridized carbons (Fsp3) is 0.348. The normalized spacial score (nSPS) is 23.8. The van der Waals surface area contributed by atoms with Gasteiger partial charge in [-0.2, -0.15) is 0 Å². The third kappa shape index (κ3) is 4.82. The van der Waals surface area contributed by atoms with Gasteiger partial charge >= 0.3 is 6.09 Å². The van der Waals surface area contributed by atoms with Crippen molar-refractivity contribution in [2.45, 2.75) is 31.0 Å². The van der Waals surface area contributed by atoms with Gasteiger partial charge < -0.3 is 23.7 Å². The molecule has 4 atom stereocenters. The molecule has 2 aliphatic heterocycles. The number of hydrogen-bond acceptors (Lipinski definition) is 8. The first kappa shape index (κ1) is 21.4. The van der Waals surface area contributed by atoms with E-state index in [-0.39, 0.29) is 24.9 Å². The van der Waals surface area contributed by atoms with Crippen LogP contribution in [0.15, 0.2) is 60.8 Å². The van der Waals surface area contributed by atoms with E-state index < -0.39 is 12.2 Å². The zero-order valence-electron chi connectivity index (χ0n) is 18.0. The van der Waals surface area contributed by atoms with Crippen molar-refractivity contribution in [3.05, 3.63) is 66.5 Å². The van der Waals surface area contributed by atoms with Gasteiger partial charge in [-0.1, -0.05) is 23.4 Å². The number of fused-ring (bicyclic) bond motifs is 1. The predicted molar refractivity (Wildman–Crippen MR) is 116 cm³/mol. The summed E-state index contributed by atoms with van der Waals surface area (Å²) in [6.45, 7) is 1.03. The Morgan fingerprint density at radius 2 is 1.82 bits per heavy atom. The zero-order chi connectivity index (χ0) is 22.6. The van der Waals surface area contributed by atoms with Gasteiger partial charge in [0.25, 0.3) is 0 Å². The van der Waals surface area contributed by atoms with Crippen LogP contribution in [0.25, 0.3) is 0 Å². The maximum atomic E-state index is 12.4. The van der Waals surface area contributed by atoms with Crippen LogP contribution in [0.3, 0.4) is 0 Å². The van der Waals surface area contributed by atoms with E-state index in [0.717, 1.165) is 11.4 Å². The number of benzene rings is 2. The van der Waals surface area contributed by atoms with E-state index in [1.807, 2.05) is 36.5 Å². The molecule has 1 amide bonds. The third-order valence-electron chi connectivity index (χ3n) is 5.51. The smallest absolute Gasteiger partial charge is 0.412 e. The Bertz CT molecular complexity index is 1070. The lowest BCUT2D eigenvalue weighted by Gasteiger charge is -2.17. The molecule has 33 heavy (non-hydrogen) atoms. The van der Waals surface area contributed by atoms with Crippen molar-refractivity contribution < 1.29 is 28.5 Å². The summed E-state index contributed by atoms with van der Waals surface area (Å²) in [4.78, 5) is 12.4. The molecule has 2 aromatic carbocycles. The number of anilines is 1. The summed E-state index contributed by atoms with van der Waals surface area (Å²) in [6.07, 6.45) is 0.0978. The lowest BCUT2D eigenvalue weighted by molar-refractivity contribution is 0.00770. The minimum absolute atomic E-state index is 0.137. The van der Waals surface area contributed by atoms with Crippen molar-refractivity contribution in [3.8, 4) is 11.5 Å². The number of methoxy groups -OCH3 is 1. The van der Waals surface area contributed by atoms with E-state index >= 15 is 0 Å². The lowest BCUT2D eigenvalue weighted by atomic mass is 10.1. The molecule has 2 saturated heterocycles. The van der Waals surface area contributed by atoms with Crippen molar-refractivity contribution in [2.24, 2.45) is 0 Å². The average molecular weight is 452 g/mol. The molecule has 2 aliphatic rings. The van der Waals surface area contributed by atoms with E-state index in [4.69, 9.17) is 23.7 Å². The zero-order valence-corrected chi connectivity index (χ0v) is 18.0. The first-order valence-corrected chi connectivity index (χ1v) is 10.6. The Morgan fingerprint density at radius 1 is 1.06 bits per heavy atom. The summed E-state index contributed by atoms with van der Waals surface area (Å²) in [5, 5.41) is 11.0. The number of ether oxygens (including phenoxy) is 5. The monoisotopic (exact) mass is 452 g/mol. The van der Waals surface area contributed by atoms with Gasteiger partial charge in [-0.3, -0.25) is 5.32 Å². The molecule has 5 rings (SSSR count). The fourth-order valence-corrected chi connectivity index (χ4v) is 3.98. The van der Waals surface area contributed by atoms with Gasteiger partial charge in [0.2, 0.25) is 0 Å². The van der Waals surface area contributed by atoms with Crippen molar-refractivity contribution in [2.75, 3.05) is 25.6 Å². The Morgan fingerprint density at radius 3 is 2.61 bits per heavy atom. The molecule has 2 fully saturated rings. The largest absolute Gasteiger partial charge is 0.457 e. The Balaban J connectivity index is 1.14. The molecule has 1 N–H and O–H groups in total. The van der Waals surface area contributed by atoms with Crippen LogP contribution in [0.2, 0.25) is 0 Å². The standard InChI is InChI=1S/C23H24N4O6/c1-29-12-16-11-27(26-25-16)19-13-30-22-20(14-31-21(19)22)33-23(28)24-15-7-9-18(10-8-15)32-17-5-3-2-4-6-17/h2-11,19-22H,12-14H2,1H3,(H,24,28). The Kier molecular flexibility index (Phi) is 6.20. The average Bonchev–Trinajstić information content (AvgIpc) is 3.54. The van der Waals surface area contributed by atoms with E-state index in [2.05, 4.69) is 15.6 Å². The highest BCUT2D eigenvalue weighted by atomic mass is 16.6. The number of amides is 1. The maximum absolute atomic E-state index is 12.4. The quantitative estimate of drug-likeness (QED) is 0.583. The van der Waals surface area contributed by atoms with Gasteiger partial charge in [0.15, 0.2) is 6.10 Å². The molecular formula is C23H24N4O6. The van der Waals surface area contributed by atoms with Crippen LogP contribution in [0.1, 0.15) is 11.7 Å². The number of para-hydroxylation sites is 1. The van der Waals surface area contributed by atoms with Crippen molar-refractivity contribution in [1.82, 2.24) is 15.0 Å². The number of carbonyl (C=O) groups is 1. The highest BCUT2D eigenvalue weighted by Gasteiger charge is 2.50. The molecule has 0 spiro atoms. The molecule has 0 saturated carbocycles. The molecule has 3 heterocycles. The Labute approximate surface area is 190 Å². The molecule has 1 aromatic heterocycles. The summed E-state index contributed by atoms with van der Waals surface area (Å²) >= 11 is 0. The summed E-state index contributed by atoms with van der Waals surface area (Å²) in [5.74, 6) is 1.41. The molecule has 3 aromatic rings. The van der Waals surface area contributed by atoms with E-state index in [0.29, 0.717) is 24.7 Å². The van der Waals surface area contributed by atoms with E-state index in [1.165, 1.54) is 0 Å². The minimum atomic E-state index is -0.573. The molecule has 172 valence electrons. The lowest BCUT2D eigenvalue weighted by Crippen LogP contribution is -2.34. The molecule has 10 heteroatoms. The highest BCUT2D eigenvalue weighted by Crippen LogP contribution is 2.35. The van der Waals surface area contributed by atoms with Gasteiger partial charge in [-0.05, 0) is 36.4 Å². The molecule has 4 unspecified atom stereocenters. The summed E-state index contributed by atoms with van der Waals surface area (Å²) in [5.41, 5.74) is 1.32. The van der Waals surface area contributed by atoms with Gasteiger partial charge in [-0.15, -0.1) is 5.10 Å². The van der Waals surface area contributed by atoms with Crippen LogP contribution in [0, 0.1) is 0 Å².